The Kier molecular flexibility index (Phi) is 5.87. The lowest BCUT2D eigenvalue weighted by Gasteiger charge is -2.44. The number of nitrogens with one attached hydrogen (secondary N) is 1. The van der Waals surface area contributed by atoms with Gasteiger partial charge in [-0.1, -0.05) is 24.3 Å². The summed E-state index contributed by atoms with van der Waals surface area (Å²) in [6.07, 6.45) is 0.777. The molecule has 3 aromatic carbocycles. The number of hydrogen-bond acceptors (Lipinski definition) is 4. The van der Waals surface area contributed by atoms with Crippen LogP contribution in [0, 0.1) is 11.7 Å². The van der Waals surface area contributed by atoms with Crippen LogP contribution in [0.15, 0.2) is 66.7 Å². The van der Waals surface area contributed by atoms with Crippen molar-refractivity contribution in [2.45, 2.75) is 18.5 Å². The van der Waals surface area contributed by atoms with Crippen molar-refractivity contribution in [3.63, 3.8) is 0 Å². The summed E-state index contributed by atoms with van der Waals surface area (Å²) in [5.74, 6) is 0.506. The Hall–Kier alpha value is -3.58. The van der Waals surface area contributed by atoms with Crippen molar-refractivity contribution >= 4 is 17.4 Å². The van der Waals surface area contributed by atoms with E-state index in [1.54, 1.807) is 43.5 Å². The van der Waals surface area contributed by atoms with E-state index >= 15 is 0 Å². The van der Waals surface area contributed by atoms with E-state index in [-0.39, 0.29) is 36.5 Å². The number of likely N-dealkylation sites (tertiary alicyclic amines) is 1. The van der Waals surface area contributed by atoms with Crippen LogP contribution < -0.4 is 15.0 Å². The predicted molar refractivity (Wildman–Crippen MR) is 131 cm³/mol. The number of carbonyl (C=O) groups is 1. The third-order valence-electron chi connectivity index (χ3n) is 7.14. The summed E-state index contributed by atoms with van der Waals surface area (Å²) in [5.41, 5.74) is 3.90. The average molecular weight is 462 g/mol. The molecule has 0 saturated carbocycles. The van der Waals surface area contributed by atoms with Crippen LogP contribution in [0.1, 0.15) is 18.0 Å². The summed E-state index contributed by atoms with van der Waals surface area (Å²) in [7, 11) is 3.57. The maximum absolute atomic E-state index is 14.5. The molecule has 5 rings (SSSR count). The van der Waals surface area contributed by atoms with E-state index < -0.39 is 0 Å². The van der Waals surface area contributed by atoms with Crippen molar-refractivity contribution in [3.8, 4) is 16.9 Å². The summed E-state index contributed by atoms with van der Waals surface area (Å²) in [6, 6.07) is 19.3. The molecule has 0 aromatic heterocycles. The Morgan fingerprint density at radius 2 is 1.91 bits per heavy atom. The fourth-order valence-corrected chi connectivity index (χ4v) is 5.41. The molecule has 0 bridgehead atoms. The topological polar surface area (TPSA) is 65.0 Å². The third kappa shape index (κ3) is 3.76. The summed E-state index contributed by atoms with van der Waals surface area (Å²) in [5, 5.41) is 13.2. The van der Waals surface area contributed by atoms with Gasteiger partial charge < -0.3 is 25.0 Å². The first-order chi connectivity index (χ1) is 16.5. The molecule has 2 amide bonds. The number of fused-ring (bicyclic) bond motifs is 3. The Morgan fingerprint density at radius 1 is 1.15 bits per heavy atom. The van der Waals surface area contributed by atoms with E-state index in [1.807, 2.05) is 36.2 Å². The number of benzene rings is 3. The number of methoxy groups -OCH3 is 1. The fourth-order valence-electron chi connectivity index (χ4n) is 5.41. The molecule has 3 atom stereocenters. The molecule has 1 saturated heterocycles. The van der Waals surface area contributed by atoms with Crippen LogP contribution in [0.4, 0.5) is 20.6 Å². The van der Waals surface area contributed by atoms with Gasteiger partial charge in [-0.3, -0.25) is 0 Å². The van der Waals surface area contributed by atoms with Gasteiger partial charge in [0.05, 0.1) is 25.8 Å². The van der Waals surface area contributed by atoms with Gasteiger partial charge in [-0.15, -0.1) is 0 Å². The number of ether oxygens (including phenoxy) is 1. The minimum absolute atomic E-state index is 0.000110. The minimum Gasteiger partial charge on any atom is -0.497 e. The number of hydrogen-bond donors (Lipinski definition) is 2. The first-order valence-electron chi connectivity index (χ1n) is 11.5. The highest BCUT2D eigenvalue weighted by atomic mass is 19.1. The molecule has 6 nitrogen and oxygen atoms in total. The first kappa shape index (κ1) is 22.2. The predicted octanol–water partition coefficient (Wildman–Crippen LogP) is 4.91. The lowest BCUT2D eigenvalue weighted by atomic mass is 9.81. The number of urea groups is 1. The molecule has 3 aromatic rings. The number of aliphatic hydroxyl groups is 1. The highest BCUT2D eigenvalue weighted by Gasteiger charge is 2.47. The number of nitrogens with zero attached hydrogens (tertiary/aromatic N) is 2. The summed E-state index contributed by atoms with van der Waals surface area (Å²) >= 11 is 0. The van der Waals surface area contributed by atoms with Crippen molar-refractivity contribution in [1.29, 1.82) is 0 Å². The van der Waals surface area contributed by atoms with Crippen LogP contribution >= 0.6 is 0 Å². The minimum atomic E-state index is -0.281. The van der Waals surface area contributed by atoms with Gasteiger partial charge in [0.15, 0.2) is 0 Å². The Bertz CT molecular complexity index is 1200. The van der Waals surface area contributed by atoms with Crippen molar-refractivity contribution < 1.29 is 19.0 Å². The molecule has 2 aliphatic rings. The molecule has 176 valence electrons. The molecule has 0 unspecified atom stereocenters. The lowest BCUT2D eigenvalue weighted by molar-refractivity contribution is 0.168. The summed E-state index contributed by atoms with van der Waals surface area (Å²) < 4.78 is 19.7. The molecule has 2 heterocycles. The van der Waals surface area contributed by atoms with Gasteiger partial charge >= 0.3 is 6.03 Å². The smallest absolute Gasteiger partial charge is 0.322 e. The van der Waals surface area contributed by atoms with Crippen molar-refractivity contribution in [2.75, 3.05) is 37.5 Å². The first-order valence-corrected chi connectivity index (χ1v) is 11.5. The molecule has 7 heteroatoms. The Balaban J connectivity index is 1.52. The largest absolute Gasteiger partial charge is 0.497 e. The zero-order valence-electron chi connectivity index (χ0n) is 19.2. The van der Waals surface area contributed by atoms with Crippen LogP contribution in [0.2, 0.25) is 0 Å². The van der Waals surface area contributed by atoms with Gasteiger partial charge in [0, 0.05) is 36.4 Å². The van der Waals surface area contributed by atoms with Crippen LogP contribution in [-0.4, -0.2) is 49.4 Å². The van der Waals surface area contributed by atoms with E-state index in [0.717, 1.165) is 29.0 Å². The molecule has 0 radical (unpaired) electrons. The average Bonchev–Trinajstić information content (AvgIpc) is 3.30. The maximum Gasteiger partial charge on any atom is 0.322 e. The number of rotatable bonds is 4. The molecule has 0 aliphatic carbocycles. The molecule has 34 heavy (non-hydrogen) atoms. The zero-order valence-corrected chi connectivity index (χ0v) is 19.2. The molecule has 1 fully saturated rings. The SMILES string of the molecule is COc1ccc(NC(=O)N2CC[C@@H]3[C@@H](CO)N(C)c4ccc(-c5ccccc5F)cc4[C@@H]32)cc1. The summed E-state index contributed by atoms with van der Waals surface area (Å²) in [4.78, 5) is 17.3. The Morgan fingerprint density at radius 3 is 2.62 bits per heavy atom. The molecule has 2 N–H and O–H groups in total. The molecule has 2 aliphatic heterocycles. The van der Waals surface area contributed by atoms with Gasteiger partial charge in [-0.2, -0.15) is 0 Å². The quantitative estimate of drug-likeness (QED) is 0.580. The molecular weight excluding hydrogens is 433 g/mol. The van der Waals surface area contributed by atoms with E-state index in [1.165, 1.54) is 6.07 Å². The third-order valence-corrected chi connectivity index (χ3v) is 7.14. The van der Waals surface area contributed by atoms with Crippen molar-refractivity contribution in [2.24, 2.45) is 5.92 Å². The number of halogens is 1. The molecule has 0 spiro atoms. The van der Waals surface area contributed by atoms with E-state index in [9.17, 15) is 14.3 Å². The van der Waals surface area contributed by atoms with Crippen LogP contribution in [-0.2, 0) is 0 Å². The highest BCUT2D eigenvalue weighted by Crippen LogP contribution is 2.49. The second-order valence-corrected chi connectivity index (χ2v) is 8.86. The van der Waals surface area contributed by atoms with Gasteiger partial charge in [0.25, 0.3) is 0 Å². The van der Waals surface area contributed by atoms with Gasteiger partial charge in [-0.05, 0) is 60.0 Å². The number of carbonyl (C=O) groups excluding carboxylic acids is 1. The monoisotopic (exact) mass is 461 g/mol. The van der Waals surface area contributed by atoms with Crippen molar-refractivity contribution in [3.05, 3.63) is 78.1 Å². The van der Waals surface area contributed by atoms with Crippen LogP contribution in [0.25, 0.3) is 11.1 Å². The maximum atomic E-state index is 14.5. The summed E-state index contributed by atoms with van der Waals surface area (Å²) in [6.45, 7) is 0.575. The van der Waals surface area contributed by atoms with E-state index in [0.29, 0.717) is 17.8 Å². The number of likely N-dealkylation sites (N-methyl/N-ethyl adjacent to an activating group) is 1. The van der Waals surface area contributed by atoms with E-state index in [4.69, 9.17) is 4.74 Å². The highest BCUT2D eigenvalue weighted by molar-refractivity contribution is 5.90. The van der Waals surface area contributed by atoms with Gasteiger partial charge in [-0.25, -0.2) is 9.18 Å². The standard InChI is InChI=1S/C27H28FN3O3/c1-30-24-12-7-17(20-5-3-4-6-23(20)28)15-22(24)26-21(25(30)16-32)13-14-31(26)27(33)29-18-8-10-19(34-2)11-9-18/h3-12,15,21,25-26,32H,13-14,16H2,1-2H3,(H,29,33)/t21-,25-,26-/m1/s1. The number of aliphatic hydroxyl groups excluding tert-OH is 1. The number of anilines is 2. The van der Waals surface area contributed by atoms with Crippen molar-refractivity contribution in [1.82, 2.24) is 4.90 Å². The zero-order chi connectivity index (χ0) is 23.8. The fraction of sp³-hybridized carbons (Fsp3) is 0.296. The van der Waals surface area contributed by atoms with Gasteiger partial charge in [0.2, 0.25) is 0 Å². The normalized spacial score (nSPS) is 21.1. The second-order valence-electron chi connectivity index (χ2n) is 8.86. The van der Waals surface area contributed by atoms with Crippen LogP contribution in [0.3, 0.4) is 0 Å². The van der Waals surface area contributed by atoms with Crippen LogP contribution in [0.5, 0.6) is 5.75 Å². The number of amides is 2. The molecular formula is C27H28FN3O3. The van der Waals surface area contributed by atoms with Gasteiger partial charge in [0.1, 0.15) is 11.6 Å². The Labute approximate surface area is 198 Å². The lowest BCUT2D eigenvalue weighted by Crippen LogP contribution is -2.48. The second kappa shape index (κ2) is 8.99. The van der Waals surface area contributed by atoms with E-state index in [2.05, 4.69) is 10.2 Å².